The lowest BCUT2D eigenvalue weighted by atomic mass is 10.1. The number of nitrogens with zero attached hydrogens (tertiary/aromatic N) is 2. The van der Waals surface area contributed by atoms with Gasteiger partial charge in [-0.25, -0.2) is 0 Å². The van der Waals surface area contributed by atoms with Crippen molar-refractivity contribution in [2.45, 2.75) is 26.4 Å². The molecule has 1 aliphatic heterocycles. The van der Waals surface area contributed by atoms with E-state index >= 15 is 0 Å². The first-order valence-electron chi connectivity index (χ1n) is 11.1. The zero-order valence-electron chi connectivity index (χ0n) is 19.4. The van der Waals surface area contributed by atoms with Crippen molar-refractivity contribution in [1.29, 1.82) is 0 Å². The lowest BCUT2D eigenvalue weighted by molar-refractivity contribution is 0.0907. The van der Waals surface area contributed by atoms with Gasteiger partial charge in [0.15, 0.2) is 17.5 Å². The van der Waals surface area contributed by atoms with Gasteiger partial charge >= 0.3 is 0 Å². The van der Waals surface area contributed by atoms with Gasteiger partial charge < -0.3 is 24.4 Å². The third-order valence-electron chi connectivity index (χ3n) is 5.50. The molecule has 1 saturated heterocycles. The molecule has 32 heavy (non-hydrogen) atoms. The number of rotatable bonds is 10. The molecule has 0 radical (unpaired) electrons. The van der Waals surface area contributed by atoms with Crippen LogP contribution in [0.1, 0.15) is 24.5 Å². The number of guanidine groups is 1. The van der Waals surface area contributed by atoms with Crippen molar-refractivity contribution in [1.82, 2.24) is 10.2 Å². The van der Waals surface area contributed by atoms with E-state index < -0.39 is 0 Å². The van der Waals surface area contributed by atoms with Crippen molar-refractivity contribution < 1.29 is 14.2 Å². The van der Waals surface area contributed by atoms with E-state index in [9.17, 15) is 0 Å². The highest BCUT2D eigenvalue weighted by atomic mass is 127. The average molecular weight is 553 g/mol. The summed E-state index contributed by atoms with van der Waals surface area (Å²) in [7, 11) is 3.32. The van der Waals surface area contributed by atoms with Gasteiger partial charge in [-0.2, -0.15) is 0 Å². The zero-order chi connectivity index (χ0) is 21.9. The highest BCUT2D eigenvalue weighted by molar-refractivity contribution is 14.0. The molecule has 1 atom stereocenters. The normalized spacial score (nSPS) is 15.9. The molecule has 0 aromatic heterocycles. The van der Waals surface area contributed by atoms with Crippen molar-refractivity contribution in [3.05, 3.63) is 59.7 Å². The Labute approximate surface area is 209 Å². The zero-order valence-corrected chi connectivity index (χ0v) is 21.7. The molecule has 0 bridgehead atoms. The third-order valence-corrected chi connectivity index (χ3v) is 5.50. The summed E-state index contributed by atoms with van der Waals surface area (Å²) >= 11 is 0. The average Bonchev–Trinajstić information content (AvgIpc) is 3.28. The van der Waals surface area contributed by atoms with Crippen LogP contribution in [0.4, 0.5) is 0 Å². The third kappa shape index (κ3) is 7.85. The molecule has 6 nitrogen and oxygen atoms in total. The monoisotopic (exact) mass is 553 g/mol. The number of methoxy groups -OCH3 is 2. The first kappa shape index (κ1) is 26.3. The molecule has 2 aromatic carbocycles. The van der Waals surface area contributed by atoms with Crippen LogP contribution in [-0.2, 0) is 17.8 Å². The molecule has 1 aliphatic rings. The van der Waals surface area contributed by atoms with Gasteiger partial charge in [-0.3, -0.25) is 4.99 Å². The Balaban J connectivity index is 0.00000363. The maximum atomic E-state index is 5.96. The summed E-state index contributed by atoms with van der Waals surface area (Å²) in [6.45, 7) is 7.16. The van der Waals surface area contributed by atoms with Gasteiger partial charge in [0.05, 0.1) is 27.4 Å². The van der Waals surface area contributed by atoms with Gasteiger partial charge in [-0.15, -0.1) is 24.0 Å². The van der Waals surface area contributed by atoms with Crippen LogP contribution in [0.5, 0.6) is 11.5 Å². The minimum Gasteiger partial charge on any atom is -0.493 e. The molecular weight excluding hydrogens is 517 g/mol. The molecule has 176 valence electrons. The Morgan fingerprint density at radius 2 is 1.84 bits per heavy atom. The summed E-state index contributed by atoms with van der Waals surface area (Å²) in [6, 6.07) is 16.4. The van der Waals surface area contributed by atoms with Gasteiger partial charge in [0.1, 0.15) is 0 Å². The van der Waals surface area contributed by atoms with Gasteiger partial charge in [-0.05, 0) is 43.0 Å². The fraction of sp³-hybridized carbons (Fsp3) is 0.480. The highest BCUT2D eigenvalue weighted by Gasteiger charge is 2.25. The van der Waals surface area contributed by atoms with Crippen molar-refractivity contribution in [2.24, 2.45) is 10.9 Å². The fourth-order valence-corrected chi connectivity index (χ4v) is 3.83. The van der Waals surface area contributed by atoms with Crippen LogP contribution in [0.2, 0.25) is 0 Å². The molecule has 0 amide bonds. The number of hydrogen-bond donors (Lipinski definition) is 1. The first-order valence-corrected chi connectivity index (χ1v) is 11.1. The van der Waals surface area contributed by atoms with Crippen LogP contribution < -0.4 is 14.8 Å². The van der Waals surface area contributed by atoms with Crippen LogP contribution >= 0.6 is 24.0 Å². The maximum absolute atomic E-state index is 5.96. The molecular formula is C25H36IN3O3. The summed E-state index contributed by atoms with van der Waals surface area (Å²) < 4.78 is 16.7. The first-order chi connectivity index (χ1) is 15.2. The lowest BCUT2D eigenvalue weighted by Gasteiger charge is -2.21. The van der Waals surface area contributed by atoms with Crippen LogP contribution in [0.15, 0.2) is 53.5 Å². The van der Waals surface area contributed by atoms with Gasteiger partial charge in [-0.1, -0.05) is 36.4 Å². The van der Waals surface area contributed by atoms with Crippen molar-refractivity contribution in [3.63, 3.8) is 0 Å². The molecule has 0 aliphatic carbocycles. The van der Waals surface area contributed by atoms with Gasteiger partial charge in [0.2, 0.25) is 0 Å². The van der Waals surface area contributed by atoms with Gasteiger partial charge in [0, 0.05) is 32.1 Å². The second-order valence-electron chi connectivity index (χ2n) is 7.78. The number of benzene rings is 2. The van der Waals surface area contributed by atoms with Crippen LogP contribution in [0, 0.1) is 5.92 Å². The summed E-state index contributed by atoms with van der Waals surface area (Å²) in [5.41, 5.74) is 2.41. The van der Waals surface area contributed by atoms with E-state index in [1.807, 2.05) is 18.2 Å². The number of nitrogens with one attached hydrogen (secondary N) is 1. The maximum Gasteiger partial charge on any atom is 0.193 e. The lowest BCUT2D eigenvalue weighted by Crippen LogP contribution is -2.40. The highest BCUT2D eigenvalue weighted by Crippen LogP contribution is 2.27. The minimum atomic E-state index is 0. The molecule has 1 heterocycles. The molecule has 2 aromatic rings. The Morgan fingerprint density at radius 1 is 1.06 bits per heavy atom. The number of hydrogen-bond acceptors (Lipinski definition) is 4. The second kappa shape index (κ2) is 14.2. The Morgan fingerprint density at radius 3 is 2.56 bits per heavy atom. The quantitative estimate of drug-likeness (QED) is 0.269. The van der Waals surface area contributed by atoms with Crippen molar-refractivity contribution >= 4 is 29.9 Å². The minimum absolute atomic E-state index is 0. The molecule has 1 N–H and O–H groups in total. The van der Waals surface area contributed by atoms with E-state index in [1.165, 1.54) is 11.1 Å². The SMILES string of the molecule is CCNC(=NCCc1ccc(OC)c(OC)c1)N1CCC(COCc2ccccc2)C1.I. The van der Waals surface area contributed by atoms with E-state index in [-0.39, 0.29) is 24.0 Å². The Bertz CT molecular complexity index is 832. The van der Waals surface area contributed by atoms with Crippen LogP contribution in [-0.4, -0.2) is 57.9 Å². The fourth-order valence-electron chi connectivity index (χ4n) is 3.83. The summed E-state index contributed by atoms with van der Waals surface area (Å²) in [4.78, 5) is 7.23. The number of ether oxygens (including phenoxy) is 3. The summed E-state index contributed by atoms with van der Waals surface area (Å²) in [5, 5.41) is 3.44. The van der Waals surface area contributed by atoms with E-state index in [0.717, 1.165) is 63.1 Å². The predicted octanol–water partition coefficient (Wildman–Crippen LogP) is 4.37. The number of halogens is 1. The number of aliphatic imine (C=N–C) groups is 1. The number of likely N-dealkylation sites (tertiary alicyclic amines) is 1. The topological polar surface area (TPSA) is 55.3 Å². The molecule has 1 fully saturated rings. The summed E-state index contributed by atoms with van der Waals surface area (Å²) in [6.07, 6.45) is 1.99. The molecule has 0 saturated carbocycles. The Kier molecular flexibility index (Phi) is 11.7. The molecule has 3 rings (SSSR count). The molecule has 1 unspecified atom stereocenters. The van der Waals surface area contributed by atoms with Gasteiger partial charge in [0.25, 0.3) is 0 Å². The summed E-state index contributed by atoms with van der Waals surface area (Å²) in [5.74, 6) is 3.04. The second-order valence-corrected chi connectivity index (χ2v) is 7.78. The van der Waals surface area contributed by atoms with Crippen molar-refractivity contribution in [2.75, 3.05) is 47.0 Å². The van der Waals surface area contributed by atoms with E-state index in [2.05, 4.69) is 47.5 Å². The van der Waals surface area contributed by atoms with E-state index in [0.29, 0.717) is 12.5 Å². The van der Waals surface area contributed by atoms with E-state index in [1.54, 1.807) is 14.2 Å². The molecule has 0 spiro atoms. The largest absolute Gasteiger partial charge is 0.493 e. The molecule has 7 heteroatoms. The predicted molar refractivity (Wildman–Crippen MR) is 140 cm³/mol. The standard InChI is InChI=1S/C25H35N3O3.HI/c1-4-26-25(27-14-12-20-10-11-23(29-2)24(16-20)30-3)28-15-13-22(17-28)19-31-18-21-8-6-5-7-9-21;/h5-11,16,22H,4,12-15,17-19H2,1-3H3,(H,26,27);1H. The van der Waals surface area contributed by atoms with Crippen molar-refractivity contribution in [3.8, 4) is 11.5 Å². The van der Waals surface area contributed by atoms with Crippen LogP contribution in [0.3, 0.4) is 0 Å². The Hall–Kier alpha value is -2.00. The van der Waals surface area contributed by atoms with Crippen LogP contribution in [0.25, 0.3) is 0 Å². The van der Waals surface area contributed by atoms with E-state index in [4.69, 9.17) is 19.2 Å². The smallest absolute Gasteiger partial charge is 0.193 e.